The summed E-state index contributed by atoms with van der Waals surface area (Å²) in [6, 6.07) is 5.92. The van der Waals surface area contributed by atoms with E-state index in [1.165, 1.54) is 6.42 Å². The summed E-state index contributed by atoms with van der Waals surface area (Å²) in [5.74, 6) is 0.670. The average molecular weight is 289 g/mol. The topological polar surface area (TPSA) is 42.0 Å². The largest absolute Gasteiger partial charge is 0.313 e. The third-order valence-corrected chi connectivity index (χ3v) is 4.28. The smallest absolute Gasteiger partial charge is 0.128 e. The van der Waals surface area contributed by atoms with E-state index in [1.807, 2.05) is 18.2 Å². The van der Waals surface area contributed by atoms with Crippen molar-refractivity contribution in [2.75, 3.05) is 12.3 Å². The molecule has 0 unspecified atom stereocenters. The minimum atomic E-state index is -0.987. The van der Waals surface area contributed by atoms with Gasteiger partial charge in [-0.2, -0.15) is 0 Å². The first-order valence-electron chi connectivity index (χ1n) is 5.00. The van der Waals surface area contributed by atoms with Crippen molar-refractivity contribution in [1.82, 2.24) is 10.3 Å². The van der Waals surface area contributed by atoms with Crippen molar-refractivity contribution in [3.63, 3.8) is 0 Å². The fourth-order valence-electron chi connectivity index (χ4n) is 1.68. The number of aromatic nitrogens is 1. The highest BCUT2D eigenvalue weighted by Gasteiger charge is 2.18. The third-order valence-electron chi connectivity index (χ3n) is 2.44. The molecule has 2 heterocycles. The summed E-state index contributed by atoms with van der Waals surface area (Å²) >= 11 is 3.28. The minimum absolute atomic E-state index is 0.395. The molecule has 2 rings (SSSR count). The summed E-state index contributed by atoms with van der Waals surface area (Å²) in [7, 11) is -0.987. The predicted octanol–water partition coefficient (Wildman–Crippen LogP) is 1.70. The number of hydrogen-bond acceptors (Lipinski definition) is 3. The van der Waals surface area contributed by atoms with Crippen LogP contribution in [-0.4, -0.2) is 27.5 Å². The van der Waals surface area contributed by atoms with Gasteiger partial charge in [-0.1, -0.05) is 6.07 Å². The van der Waals surface area contributed by atoms with Gasteiger partial charge in [-0.15, -0.1) is 0 Å². The fourth-order valence-corrected chi connectivity index (χ4v) is 3.40. The lowest BCUT2D eigenvalue weighted by atomic mass is 10.3. The summed E-state index contributed by atoms with van der Waals surface area (Å²) in [4.78, 5) is 4.20. The van der Waals surface area contributed by atoms with Crippen LogP contribution in [0, 0.1) is 0 Å². The van der Waals surface area contributed by atoms with E-state index in [2.05, 4.69) is 26.2 Å². The normalized spacial score (nSPS) is 22.9. The van der Waals surface area contributed by atoms with E-state index in [1.54, 1.807) is 0 Å². The predicted molar refractivity (Wildman–Crippen MR) is 64.2 cm³/mol. The van der Waals surface area contributed by atoms with Gasteiger partial charge in [-0.3, -0.25) is 4.21 Å². The lowest BCUT2D eigenvalue weighted by Gasteiger charge is -2.08. The van der Waals surface area contributed by atoms with E-state index in [0.29, 0.717) is 16.8 Å². The first-order chi connectivity index (χ1) is 7.25. The zero-order valence-corrected chi connectivity index (χ0v) is 10.7. The van der Waals surface area contributed by atoms with Crippen molar-refractivity contribution in [2.45, 2.75) is 23.9 Å². The summed E-state index contributed by atoms with van der Waals surface area (Å²) in [6.07, 6.45) is 2.31. The molecule has 0 aromatic carbocycles. The summed E-state index contributed by atoms with van der Waals surface area (Å²) in [5, 5.41) is 4.00. The maximum Gasteiger partial charge on any atom is 0.128 e. The molecule has 82 valence electrons. The SMILES string of the molecule is O=[S@@](C[C@H]1CCCN1)c1cccc(Br)n1. The van der Waals surface area contributed by atoms with Crippen LogP contribution in [-0.2, 0) is 10.8 Å². The Morgan fingerprint density at radius 3 is 3.13 bits per heavy atom. The van der Waals surface area contributed by atoms with Crippen molar-refractivity contribution >= 4 is 26.7 Å². The number of pyridine rings is 1. The van der Waals surface area contributed by atoms with Crippen LogP contribution in [0.2, 0.25) is 0 Å². The second kappa shape index (κ2) is 5.18. The molecule has 1 aliphatic rings. The van der Waals surface area contributed by atoms with Gasteiger partial charge in [0, 0.05) is 11.8 Å². The molecule has 0 aliphatic carbocycles. The molecule has 0 radical (unpaired) electrons. The standard InChI is InChI=1S/C10H13BrN2OS/c11-9-4-1-5-10(13-9)15(14)7-8-3-2-6-12-8/h1,4-5,8,12H,2-3,6-7H2/t8-,15+/m1/s1. The average Bonchev–Trinajstić information content (AvgIpc) is 2.70. The van der Waals surface area contributed by atoms with Crippen LogP contribution in [0.15, 0.2) is 27.8 Å². The molecule has 1 aromatic heterocycles. The fraction of sp³-hybridized carbons (Fsp3) is 0.500. The van der Waals surface area contributed by atoms with Gasteiger partial charge in [-0.25, -0.2) is 4.98 Å². The molecule has 2 atom stereocenters. The van der Waals surface area contributed by atoms with Crippen molar-refractivity contribution in [3.05, 3.63) is 22.8 Å². The lowest BCUT2D eigenvalue weighted by molar-refractivity contribution is 0.641. The molecule has 0 spiro atoms. The summed E-state index contributed by atoms with van der Waals surface area (Å²) in [5.41, 5.74) is 0. The minimum Gasteiger partial charge on any atom is -0.313 e. The molecular weight excluding hydrogens is 276 g/mol. The molecule has 1 aliphatic heterocycles. The number of rotatable bonds is 3. The van der Waals surface area contributed by atoms with Crippen LogP contribution in [0.25, 0.3) is 0 Å². The highest BCUT2D eigenvalue weighted by atomic mass is 79.9. The first kappa shape index (κ1) is 11.2. The molecule has 1 aromatic rings. The van der Waals surface area contributed by atoms with Gasteiger partial charge in [0.05, 0.1) is 10.8 Å². The van der Waals surface area contributed by atoms with Crippen LogP contribution in [0.4, 0.5) is 0 Å². The molecule has 15 heavy (non-hydrogen) atoms. The van der Waals surface area contributed by atoms with Gasteiger partial charge in [0.2, 0.25) is 0 Å². The molecule has 0 amide bonds. The molecule has 1 saturated heterocycles. The maximum atomic E-state index is 11.9. The van der Waals surface area contributed by atoms with Gasteiger partial charge >= 0.3 is 0 Å². The number of hydrogen-bond donors (Lipinski definition) is 1. The van der Waals surface area contributed by atoms with Crippen molar-refractivity contribution < 1.29 is 4.21 Å². The van der Waals surface area contributed by atoms with Crippen molar-refractivity contribution in [3.8, 4) is 0 Å². The van der Waals surface area contributed by atoms with E-state index in [4.69, 9.17) is 0 Å². The van der Waals surface area contributed by atoms with E-state index in [0.717, 1.165) is 17.6 Å². The van der Waals surface area contributed by atoms with Crippen molar-refractivity contribution in [1.29, 1.82) is 0 Å². The van der Waals surface area contributed by atoms with E-state index in [9.17, 15) is 4.21 Å². The Morgan fingerprint density at radius 2 is 2.47 bits per heavy atom. The molecular formula is C10H13BrN2OS. The Hall–Kier alpha value is -0.260. The van der Waals surface area contributed by atoms with E-state index < -0.39 is 10.8 Å². The Labute approximate surface area is 100 Å². The van der Waals surface area contributed by atoms with Crippen LogP contribution >= 0.6 is 15.9 Å². The van der Waals surface area contributed by atoms with Crippen LogP contribution in [0.1, 0.15) is 12.8 Å². The van der Waals surface area contributed by atoms with Gasteiger partial charge in [0.25, 0.3) is 0 Å². The van der Waals surface area contributed by atoms with Crippen molar-refractivity contribution in [2.24, 2.45) is 0 Å². The van der Waals surface area contributed by atoms with Gasteiger partial charge < -0.3 is 5.32 Å². The maximum absolute atomic E-state index is 11.9. The summed E-state index contributed by atoms with van der Waals surface area (Å²) in [6.45, 7) is 1.05. The van der Waals surface area contributed by atoms with Gasteiger partial charge in [-0.05, 0) is 47.4 Å². The number of nitrogens with one attached hydrogen (secondary N) is 1. The van der Waals surface area contributed by atoms with Gasteiger partial charge in [0.1, 0.15) is 9.63 Å². The molecule has 1 N–H and O–H groups in total. The second-order valence-electron chi connectivity index (χ2n) is 3.60. The quantitative estimate of drug-likeness (QED) is 0.861. The highest BCUT2D eigenvalue weighted by molar-refractivity contribution is 9.10. The Bertz CT molecular complexity index is 366. The van der Waals surface area contributed by atoms with E-state index >= 15 is 0 Å². The zero-order valence-electron chi connectivity index (χ0n) is 8.28. The second-order valence-corrected chi connectivity index (χ2v) is 5.86. The molecule has 3 nitrogen and oxygen atoms in total. The monoisotopic (exact) mass is 288 g/mol. The number of nitrogens with zero attached hydrogens (tertiary/aromatic N) is 1. The Morgan fingerprint density at radius 1 is 1.60 bits per heavy atom. The summed E-state index contributed by atoms with van der Waals surface area (Å²) < 4.78 is 12.7. The molecule has 0 saturated carbocycles. The molecule has 0 bridgehead atoms. The van der Waals surface area contributed by atoms with Crippen LogP contribution < -0.4 is 5.32 Å². The third kappa shape index (κ3) is 3.09. The molecule has 1 fully saturated rings. The lowest BCUT2D eigenvalue weighted by Crippen LogP contribution is -2.27. The zero-order chi connectivity index (χ0) is 10.7. The number of halogens is 1. The van der Waals surface area contributed by atoms with E-state index in [-0.39, 0.29) is 0 Å². The Kier molecular flexibility index (Phi) is 3.88. The highest BCUT2D eigenvalue weighted by Crippen LogP contribution is 2.13. The van der Waals surface area contributed by atoms with Crippen LogP contribution in [0.5, 0.6) is 0 Å². The van der Waals surface area contributed by atoms with Crippen LogP contribution in [0.3, 0.4) is 0 Å². The Balaban J connectivity index is 2.01. The molecule has 5 heteroatoms. The van der Waals surface area contributed by atoms with Gasteiger partial charge in [0.15, 0.2) is 0 Å². The first-order valence-corrected chi connectivity index (χ1v) is 7.11.